The summed E-state index contributed by atoms with van der Waals surface area (Å²) in [5, 5.41) is 17.3. The zero-order valence-electron chi connectivity index (χ0n) is 15.2. The largest absolute Gasteiger partial charge is 0.457 e. The normalized spacial score (nSPS) is 15.8. The molecule has 1 aromatic heterocycles. The van der Waals surface area contributed by atoms with Gasteiger partial charge in [-0.3, -0.25) is 4.79 Å². The number of carbonyl (C=O) groups excluding carboxylic acids is 1. The van der Waals surface area contributed by atoms with Crippen molar-refractivity contribution >= 4 is 22.0 Å². The number of furan rings is 1. The van der Waals surface area contributed by atoms with Gasteiger partial charge in [-0.15, -0.1) is 0 Å². The van der Waals surface area contributed by atoms with Crippen LogP contribution in [0, 0.1) is 11.3 Å². The van der Waals surface area contributed by atoms with Crippen LogP contribution in [-0.4, -0.2) is 20.4 Å². The van der Waals surface area contributed by atoms with Gasteiger partial charge in [0.2, 0.25) is 10.0 Å². The summed E-state index contributed by atoms with van der Waals surface area (Å²) in [5.41, 5.74) is 0.633. The zero-order chi connectivity index (χ0) is 20.1. The van der Waals surface area contributed by atoms with Crippen molar-refractivity contribution in [2.75, 3.05) is 0 Å². The summed E-state index contributed by atoms with van der Waals surface area (Å²) in [4.78, 5) is 12.4. The molecular formula is C20H21N3O4S. The number of nitrogens with one attached hydrogen (secondary N) is 1. The Bertz CT molecular complexity index is 1020. The molecular weight excluding hydrogens is 378 g/mol. The van der Waals surface area contributed by atoms with Gasteiger partial charge < -0.3 is 9.73 Å². The van der Waals surface area contributed by atoms with Crippen LogP contribution >= 0.6 is 0 Å². The summed E-state index contributed by atoms with van der Waals surface area (Å²) >= 11 is 0. The molecule has 3 N–H and O–H groups in total. The van der Waals surface area contributed by atoms with E-state index >= 15 is 0 Å². The third kappa shape index (κ3) is 4.88. The Morgan fingerprint density at radius 2 is 1.82 bits per heavy atom. The molecule has 0 bridgehead atoms. The smallest absolute Gasteiger partial charge is 0.262 e. The van der Waals surface area contributed by atoms with E-state index in [1.807, 2.05) is 6.07 Å². The highest BCUT2D eigenvalue weighted by atomic mass is 32.2. The Kier molecular flexibility index (Phi) is 5.97. The highest BCUT2D eigenvalue weighted by Gasteiger charge is 2.18. The maximum absolute atomic E-state index is 12.3. The summed E-state index contributed by atoms with van der Waals surface area (Å²) < 4.78 is 28.3. The second-order valence-electron chi connectivity index (χ2n) is 6.75. The minimum atomic E-state index is -3.76. The standard InChI is InChI=1S/C20H21N3O4S/c21-13-15(20(24)23-16-4-2-1-3-5-16)12-17-8-11-19(27-17)14-6-9-18(10-7-14)28(22,25)26/h6-12,16H,1-5H2,(H,23,24)(H2,22,25,26)/b15-12-. The van der Waals surface area contributed by atoms with Crippen LogP contribution in [0.4, 0.5) is 0 Å². The molecule has 28 heavy (non-hydrogen) atoms. The summed E-state index contributed by atoms with van der Waals surface area (Å²) in [5.74, 6) is 0.447. The van der Waals surface area contributed by atoms with E-state index in [1.54, 1.807) is 24.3 Å². The molecule has 3 rings (SSSR count). The molecule has 0 spiro atoms. The van der Waals surface area contributed by atoms with Crippen LogP contribution in [0.15, 0.2) is 51.3 Å². The SMILES string of the molecule is N#C/C(=C/c1ccc(-c2ccc(S(N)(=O)=O)cc2)o1)C(=O)NC1CCCCC1. The van der Waals surface area contributed by atoms with Gasteiger partial charge in [-0.05, 0) is 49.2 Å². The first-order chi connectivity index (χ1) is 13.4. The molecule has 1 aliphatic rings. The van der Waals surface area contributed by atoms with Crippen molar-refractivity contribution in [3.05, 3.63) is 47.7 Å². The minimum absolute atomic E-state index is 0.00840. The fourth-order valence-electron chi connectivity index (χ4n) is 3.20. The number of primary sulfonamides is 1. The van der Waals surface area contributed by atoms with Crippen LogP contribution in [0.2, 0.25) is 0 Å². The van der Waals surface area contributed by atoms with Crippen LogP contribution in [0.5, 0.6) is 0 Å². The highest BCUT2D eigenvalue weighted by Crippen LogP contribution is 2.25. The van der Waals surface area contributed by atoms with E-state index in [9.17, 15) is 18.5 Å². The lowest BCUT2D eigenvalue weighted by Crippen LogP contribution is -2.36. The monoisotopic (exact) mass is 399 g/mol. The molecule has 0 unspecified atom stereocenters. The molecule has 146 valence electrons. The Balaban J connectivity index is 1.74. The Morgan fingerprint density at radius 1 is 1.14 bits per heavy atom. The maximum Gasteiger partial charge on any atom is 0.262 e. The molecule has 8 heteroatoms. The number of hydrogen-bond acceptors (Lipinski definition) is 5. The quantitative estimate of drug-likeness (QED) is 0.590. The van der Waals surface area contributed by atoms with Crippen molar-refractivity contribution in [1.82, 2.24) is 5.32 Å². The number of amides is 1. The van der Waals surface area contributed by atoms with Crippen molar-refractivity contribution in [3.63, 3.8) is 0 Å². The van der Waals surface area contributed by atoms with E-state index in [-0.39, 0.29) is 16.5 Å². The van der Waals surface area contributed by atoms with Gasteiger partial charge in [0.15, 0.2) is 0 Å². The molecule has 0 radical (unpaired) electrons. The first-order valence-corrected chi connectivity index (χ1v) is 10.6. The molecule has 2 aromatic rings. The van der Waals surface area contributed by atoms with E-state index in [0.717, 1.165) is 25.7 Å². The van der Waals surface area contributed by atoms with Gasteiger partial charge in [0.05, 0.1) is 4.90 Å². The lowest BCUT2D eigenvalue weighted by atomic mass is 9.95. The van der Waals surface area contributed by atoms with Gasteiger partial charge in [-0.2, -0.15) is 5.26 Å². The fraction of sp³-hybridized carbons (Fsp3) is 0.300. The first kappa shape index (κ1) is 19.9. The number of benzene rings is 1. The van der Waals surface area contributed by atoms with Crippen LogP contribution in [-0.2, 0) is 14.8 Å². The van der Waals surface area contributed by atoms with Gasteiger partial charge in [-0.1, -0.05) is 19.3 Å². The van der Waals surface area contributed by atoms with Crippen molar-refractivity contribution < 1.29 is 17.6 Å². The molecule has 1 aromatic carbocycles. The average Bonchev–Trinajstić information content (AvgIpc) is 3.15. The van der Waals surface area contributed by atoms with Gasteiger partial charge >= 0.3 is 0 Å². The molecule has 1 amide bonds. The van der Waals surface area contributed by atoms with E-state index in [4.69, 9.17) is 9.56 Å². The lowest BCUT2D eigenvalue weighted by Gasteiger charge is -2.22. The highest BCUT2D eigenvalue weighted by molar-refractivity contribution is 7.89. The molecule has 0 atom stereocenters. The lowest BCUT2D eigenvalue weighted by molar-refractivity contribution is -0.117. The van der Waals surface area contributed by atoms with Crippen LogP contribution in [0.1, 0.15) is 37.9 Å². The van der Waals surface area contributed by atoms with E-state index < -0.39 is 15.9 Å². The van der Waals surface area contributed by atoms with E-state index in [2.05, 4.69) is 5.32 Å². The molecule has 0 saturated heterocycles. The van der Waals surface area contributed by atoms with Crippen LogP contribution in [0.25, 0.3) is 17.4 Å². The van der Waals surface area contributed by atoms with E-state index in [1.165, 1.54) is 24.6 Å². The number of nitrogens with two attached hydrogens (primary N) is 1. The average molecular weight is 399 g/mol. The van der Waals surface area contributed by atoms with Crippen LogP contribution in [0.3, 0.4) is 0 Å². The fourth-order valence-corrected chi connectivity index (χ4v) is 3.71. The van der Waals surface area contributed by atoms with Gasteiger partial charge in [0.1, 0.15) is 23.2 Å². The Labute approximate surface area is 163 Å². The van der Waals surface area contributed by atoms with Crippen molar-refractivity contribution in [2.24, 2.45) is 5.14 Å². The number of carbonyl (C=O) groups is 1. The topological polar surface area (TPSA) is 126 Å². The number of rotatable bonds is 5. The predicted molar refractivity (Wildman–Crippen MR) is 104 cm³/mol. The van der Waals surface area contributed by atoms with Crippen molar-refractivity contribution in [1.29, 1.82) is 5.26 Å². The third-order valence-electron chi connectivity index (χ3n) is 4.69. The molecule has 1 heterocycles. The summed E-state index contributed by atoms with van der Waals surface area (Å²) in [7, 11) is -3.76. The number of sulfonamides is 1. The molecule has 1 fully saturated rings. The van der Waals surface area contributed by atoms with Gasteiger partial charge in [0, 0.05) is 17.7 Å². The number of nitriles is 1. The zero-order valence-corrected chi connectivity index (χ0v) is 16.0. The van der Waals surface area contributed by atoms with Gasteiger partial charge in [0.25, 0.3) is 5.91 Å². The maximum atomic E-state index is 12.3. The van der Waals surface area contributed by atoms with Crippen molar-refractivity contribution in [2.45, 2.75) is 43.0 Å². The number of nitrogens with zero attached hydrogens (tertiary/aromatic N) is 1. The van der Waals surface area contributed by atoms with Crippen LogP contribution < -0.4 is 10.5 Å². The minimum Gasteiger partial charge on any atom is -0.457 e. The van der Waals surface area contributed by atoms with Crippen molar-refractivity contribution in [3.8, 4) is 17.4 Å². The number of hydrogen-bond donors (Lipinski definition) is 2. The Hall–Kier alpha value is -2.89. The second kappa shape index (κ2) is 8.42. The summed E-state index contributed by atoms with van der Waals surface area (Å²) in [6.45, 7) is 0. The molecule has 1 saturated carbocycles. The third-order valence-corrected chi connectivity index (χ3v) is 5.62. The summed E-state index contributed by atoms with van der Waals surface area (Å²) in [6.07, 6.45) is 6.62. The van der Waals surface area contributed by atoms with E-state index in [0.29, 0.717) is 17.1 Å². The Morgan fingerprint density at radius 3 is 2.43 bits per heavy atom. The first-order valence-electron chi connectivity index (χ1n) is 9.02. The van der Waals surface area contributed by atoms with Gasteiger partial charge in [-0.25, -0.2) is 13.6 Å². The predicted octanol–water partition coefficient (Wildman–Crippen LogP) is 2.95. The molecule has 1 aliphatic carbocycles. The molecule has 0 aliphatic heterocycles. The molecule has 7 nitrogen and oxygen atoms in total. The second-order valence-corrected chi connectivity index (χ2v) is 8.31. The summed E-state index contributed by atoms with van der Waals surface area (Å²) in [6, 6.07) is 11.3.